The van der Waals surface area contributed by atoms with Gasteiger partial charge in [-0.05, 0) is 23.3 Å². The first kappa shape index (κ1) is 12.6. The van der Waals surface area contributed by atoms with Crippen LogP contribution < -0.4 is 10.6 Å². The summed E-state index contributed by atoms with van der Waals surface area (Å²) < 4.78 is 0. The summed E-state index contributed by atoms with van der Waals surface area (Å²) in [7, 11) is 0. The number of fused-ring (bicyclic) bond motifs is 1. The molecule has 1 aromatic rings. The van der Waals surface area contributed by atoms with E-state index in [0.29, 0.717) is 5.56 Å². The van der Waals surface area contributed by atoms with Crippen LogP contribution in [0.1, 0.15) is 28.4 Å². The second kappa shape index (κ2) is 5.18. The van der Waals surface area contributed by atoms with E-state index in [4.69, 9.17) is 5.11 Å². The molecule has 5 heteroatoms. The van der Waals surface area contributed by atoms with E-state index in [1.54, 1.807) is 13.0 Å². The van der Waals surface area contributed by atoms with E-state index in [2.05, 4.69) is 10.6 Å². The third kappa shape index (κ3) is 2.68. The first-order chi connectivity index (χ1) is 8.58. The molecule has 1 atom stereocenters. The van der Waals surface area contributed by atoms with Crippen LogP contribution in [0.2, 0.25) is 0 Å². The highest BCUT2D eigenvalue weighted by molar-refractivity contribution is 5.94. The molecule has 1 unspecified atom stereocenters. The molecule has 5 nitrogen and oxygen atoms in total. The van der Waals surface area contributed by atoms with Gasteiger partial charge < -0.3 is 15.7 Å². The number of carbonyl (C=O) groups is 2. The minimum Gasteiger partial charge on any atom is -0.481 e. The fraction of sp³-hybridized carbons (Fsp3) is 0.385. The number of rotatable bonds is 4. The average molecular weight is 248 g/mol. The van der Waals surface area contributed by atoms with Crippen LogP contribution in [0, 0.1) is 5.92 Å². The number of benzene rings is 1. The van der Waals surface area contributed by atoms with Crippen LogP contribution in [-0.2, 0) is 17.9 Å². The molecular weight excluding hydrogens is 232 g/mol. The molecular formula is C13H16N2O3. The van der Waals surface area contributed by atoms with Gasteiger partial charge in [0.25, 0.3) is 5.91 Å². The zero-order chi connectivity index (χ0) is 13.1. The fourth-order valence-electron chi connectivity index (χ4n) is 1.87. The number of carboxylic acid groups (broad SMARTS) is 1. The maximum absolute atomic E-state index is 11.8. The highest BCUT2D eigenvalue weighted by atomic mass is 16.4. The molecule has 2 rings (SSSR count). The molecule has 1 amide bonds. The van der Waals surface area contributed by atoms with E-state index < -0.39 is 11.9 Å². The van der Waals surface area contributed by atoms with E-state index in [-0.39, 0.29) is 12.5 Å². The van der Waals surface area contributed by atoms with Gasteiger partial charge in [0.2, 0.25) is 0 Å². The molecule has 3 N–H and O–H groups in total. The third-order valence-corrected chi connectivity index (χ3v) is 3.09. The third-order valence-electron chi connectivity index (χ3n) is 3.09. The monoisotopic (exact) mass is 248 g/mol. The summed E-state index contributed by atoms with van der Waals surface area (Å²) in [6.45, 7) is 3.33. The lowest BCUT2D eigenvalue weighted by Gasteiger charge is -2.09. The quantitative estimate of drug-likeness (QED) is 0.734. The molecule has 0 saturated carbocycles. The minimum absolute atomic E-state index is 0.142. The Morgan fingerprint density at radius 3 is 2.83 bits per heavy atom. The van der Waals surface area contributed by atoms with Gasteiger partial charge in [0.05, 0.1) is 5.92 Å². The molecule has 1 aliphatic rings. The number of aliphatic carboxylic acids is 1. The SMILES string of the molecule is CC(CNC(=O)c1ccc2c(c1)CNC2)C(=O)O. The van der Waals surface area contributed by atoms with Crippen molar-refractivity contribution in [1.29, 1.82) is 0 Å². The molecule has 0 saturated heterocycles. The van der Waals surface area contributed by atoms with Gasteiger partial charge in [-0.25, -0.2) is 0 Å². The lowest BCUT2D eigenvalue weighted by atomic mass is 10.1. The van der Waals surface area contributed by atoms with Crippen molar-refractivity contribution in [3.05, 3.63) is 34.9 Å². The lowest BCUT2D eigenvalue weighted by molar-refractivity contribution is -0.140. The summed E-state index contributed by atoms with van der Waals surface area (Å²) in [6, 6.07) is 5.56. The Hall–Kier alpha value is -1.88. The van der Waals surface area contributed by atoms with Crippen LogP contribution in [-0.4, -0.2) is 23.5 Å². The summed E-state index contributed by atoms with van der Waals surface area (Å²) in [5.41, 5.74) is 2.93. The molecule has 0 aromatic heterocycles. The molecule has 0 aliphatic carbocycles. The Kier molecular flexibility index (Phi) is 3.62. The second-order valence-corrected chi connectivity index (χ2v) is 4.54. The highest BCUT2D eigenvalue weighted by Gasteiger charge is 2.15. The van der Waals surface area contributed by atoms with Crippen molar-refractivity contribution in [3.63, 3.8) is 0 Å². The van der Waals surface area contributed by atoms with E-state index in [0.717, 1.165) is 18.7 Å². The number of carboxylic acids is 1. The van der Waals surface area contributed by atoms with E-state index in [1.165, 1.54) is 5.56 Å². The van der Waals surface area contributed by atoms with Gasteiger partial charge in [-0.3, -0.25) is 9.59 Å². The minimum atomic E-state index is -0.909. The molecule has 0 fully saturated rings. The van der Waals surface area contributed by atoms with Crippen molar-refractivity contribution in [2.45, 2.75) is 20.0 Å². The maximum atomic E-state index is 11.8. The van der Waals surface area contributed by atoms with Crippen molar-refractivity contribution >= 4 is 11.9 Å². The first-order valence-corrected chi connectivity index (χ1v) is 5.91. The zero-order valence-electron chi connectivity index (χ0n) is 10.2. The summed E-state index contributed by atoms with van der Waals surface area (Å²) in [5, 5.41) is 14.6. The number of hydrogen-bond acceptors (Lipinski definition) is 3. The molecule has 0 spiro atoms. The molecule has 0 radical (unpaired) electrons. The molecule has 1 heterocycles. The predicted molar refractivity (Wildman–Crippen MR) is 66.1 cm³/mol. The van der Waals surface area contributed by atoms with Crippen LogP contribution in [0.25, 0.3) is 0 Å². The lowest BCUT2D eigenvalue weighted by Crippen LogP contribution is -2.31. The number of amides is 1. The molecule has 96 valence electrons. The topological polar surface area (TPSA) is 78.4 Å². The van der Waals surface area contributed by atoms with Crippen LogP contribution in [0.3, 0.4) is 0 Å². The zero-order valence-corrected chi connectivity index (χ0v) is 10.2. The van der Waals surface area contributed by atoms with Gasteiger partial charge in [0, 0.05) is 25.2 Å². The Balaban J connectivity index is 1.99. The van der Waals surface area contributed by atoms with Crippen molar-refractivity contribution in [2.24, 2.45) is 5.92 Å². The summed E-state index contributed by atoms with van der Waals surface area (Å²) in [6.07, 6.45) is 0. The van der Waals surface area contributed by atoms with Crippen molar-refractivity contribution in [1.82, 2.24) is 10.6 Å². The second-order valence-electron chi connectivity index (χ2n) is 4.54. The first-order valence-electron chi connectivity index (χ1n) is 5.91. The van der Waals surface area contributed by atoms with Crippen molar-refractivity contribution in [2.75, 3.05) is 6.54 Å². The number of hydrogen-bond donors (Lipinski definition) is 3. The van der Waals surface area contributed by atoms with Crippen LogP contribution in [0.4, 0.5) is 0 Å². The van der Waals surface area contributed by atoms with Crippen molar-refractivity contribution < 1.29 is 14.7 Å². The predicted octanol–water partition coefficient (Wildman–Crippen LogP) is 0.740. The Morgan fingerprint density at radius 1 is 1.39 bits per heavy atom. The van der Waals surface area contributed by atoms with E-state index in [1.807, 2.05) is 12.1 Å². The van der Waals surface area contributed by atoms with Crippen LogP contribution in [0.15, 0.2) is 18.2 Å². The average Bonchev–Trinajstić information content (AvgIpc) is 2.82. The number of carbonyl (C=O) groups excluding carboxylic acids is 1. The Bertz CT molecular complexity index is 485. The molecule has 18 heavy (non-hydrogen) atoms. The maximum Gasteiger partial charge on any atom is 0.308 e. The Labute approximate surface area is 105 Å². The normalized spacial score (nSPS) is 14.9. The fourth-order valence-corrected chi connectivity index (χ4v) is 1.87. The van der Waals surface area contributed by atoms with Gasteiger partial charge in [-0.1, -0.05) is 13.0 Å². The highest BCUT2D eigenvalue weighted by Crippen LogP contribution is 2.16. The van der Waals surface area contributed by atoms with Gasteiger partial charge in [-0.2, -0.15) is 0 Å². The van der Waals surface area contributed by atoms with Gasteiger partial charge in [0.1, 0.15) is 0 Å². The van der Waals surface area contributed by atoms with E-state index in [9.17, 15) is 9.59 Å². The van der Waals surface area contributed by atoms with Gasteiger partial charge in [-0.15, -0.1) is 0 Å². The molecule has 1 aliphatic heterocycles. The van der Waals surface area contributed by atoms with Crippen LogP contribution in [0.5, 0.6) is 0 Å². The largest absolute Gasteiger partial charge is 0.481 e. The van der Waals surface area contributed by atoms with E-state index >= 15 is 0 Å². The smallest absolute Gasteiger partial charge is 0.308 e. The van der Waals surface area contributed by atoms with Crippen LogP contribution >= 0.6 is 0 Å². The van der Waals surface area contributed by atoms with Crippen molar-refractivity contribution in [3.8, 4) is 0 Å². The molecule has 0 bridgehead atoms. The summed E-state index contributed by atoms with van der Waals surface area (Å²) in [5.74, 6) is -1.71. The molecule has 1 aromatic carbocycles. The summed E-state index contributed by atoms with van der Waals surface area (Å²) >= 11 is 0. The standard InChI is InChI=1S/C13H16N2O3/c1-8(13(17)18)5-15-12(16)9-2-3-10-6-14-7-11(10)4-9/h2-4,8,14H,5-7H2,1H3,(H,15,16)(H,17,18). The number of nitrogens with one attached hydrogen (secondary N) is 2. The summed E-state index contributed by atoms with van der Waals surface area (Å²) in [4.78, 5) is 22.5. The van der Waals surface area contributed by atoms with Gasteiger partial charge >= 0.3 is 5.97 Å². The Morgan fingerprint density at radius 2 is 2.11 bits per heavy atom. The van der Waals surface area contributed by atoms with Gasteiger partial charge in [0.15, 0.2) is 0 Å².